The van der Waals surface area contributed by atoms with Crippen LogP contribution >= 0.6 is 11.8 Å². The molecule has 33 heavy (non-hydrogen) atoms. The van der Waals surface area contributed by atoms with Crippen molar-refractivity contribution in [3.63, 3.8) is 0 Å². The molecule has 168 valence electrons. The lowest BCUT2D eigenvalue weighted by atomic mass is 9.84. The predicted octanol–water partition coefficient (Wildman–Crippen LogP) is 5.09. The number of amidine groups is 1. The number of benzene rings is 1. The van der Waals surface area contributed by atoms with Crippen LogP contribution < -0.4 is 5.73 Å². The molecule has 1 fully saturated rings. The molecule has 0 bridgehead atoms. The van der Waals surface area contributed by atoms with Crippen molar-refractivity contribution in [2.75, 3.05) is 6.61 Å². The van der Waals surface area contributed by atoms with Crippen molar-refractivity contribution in [2.24, 2.45) is 21.6 Å². The molecule has 2 aliphatic heterocycles. The number of ether oxygens (including phenoxy) is 1. The van der Waals surface area contributed by atoms with Gasteiger partial charge < -0.3 is 10.5 Å². The smallest absolute Gasteiger partial charge is 0.205 e. The minimum Gasteiger partial charge on any atom is -0.478 e. The number of fused-ring (bicyclic) bond motifs is 1. The van der Waals surface area contributed by atoms with Crippen molar-refractivity contribution < 1.29 is 13.5 Å². The van der Waals surface area contributed by atoms with Gasteiger partial charge in [0, 0.05) is 17.7 Å². The Balaban J connectivity index is 1.51. The molecule has 1 aliphatic carbocycles. The molecule has 1 aromatic carbocycles. The summed E-state index contributed by atoms with van der Waals surface area (Å²) in [6.45, 7) is 11.3. The van der Waals surface area contributed by atoms with Crippen molar-refractivity contribution in [1.29, 1.82) is 0 Å². The number of aromatic nitrogens is 1. The zero-order valence-electron chi connectivity index (χ0n) is 18.0. The standard InChI is InChI=1S/C24H21F2N5OS/c1-13-12-32-21(30-13)24-10-20(24)23(2,31-22(27)33-24)16-8-14(4-6-17(16)25)9-18(26)19-7-5-15(28-3)11-29-19/h4-9,11,13,20H,10,12H2,1-2H3,(H2,27,31)/b18-9-/t13?,20-,23+,24-/m0/s1. The van der Waals surface area contributed by atoms with E-state index >= 15 is 4.39 Å². The number of hydrogen-bond donors (Lipinski definition) is 1. The van der Waals surface area contributed by atoms with Crippen LogP contribution in [0.15, 0.2) is 46.5 Å². The van der Waals surface area contributed by atoms with Gasteiger partial charge in [-0.1, -0.05) is 23.9 Å². The second kappa shape index (κ2) is 7.66. The highest BCUT2D eigenvalue weighted by Gasteiger charge is 2.70. The summed E-state index contributed by atoms with van der Waals surface area (Å²) < 4.78 is 35.3. The van der Waals surface area contributed by atoms with Crippen LogP contribution in [0.25, 0.3) is 16.7 Å². The van der Waals surface area contributed by atoms with E-state index in [9.17, 15) is 4.39 Å². The third-order valence-corrected chi connectivity index (χ3v) is 7.62. The number of nitrogens with two attached hydrogens (primary N) is 1. The molecular weight excluding hydrogens is 444 g/mol. The molecule has 1 saturated carbocycles. The van der Waals surface area contributed by atoms with E-state index in [2.05, 4.69) is 19.8 Å². The highest BCUT2D eigenvalue weighted by atomic mass is 32.2. The fourth-order valence-electron chi connectivity index (χ4n) is 4.59. The Bertz CT molecular complexity index is 1270. The number of rotatable bonds is 4. The van der Waals surface area contributed by atoms with Crippen molar-refractivity contribution in [3.05, 3.63) is 70.6 Å². The minimum atomic E-state index is -0.938. The second-order valence-corrected chi connectivity index (χ2v) is 10.0. The molecule has 0 radical (unpaired) electrons. The van der Waals surface area contributed by atoms with Gasteiger partial charge in [0.15, 0.2) is 5.17 Å². The zero-order chi connectivity index (χ0) is 23.4. The van der Waals surface area contributed by atoms with Crippen LogP contribution in [0.3, 0.4) is 0 Å². The van der Waals surface area contributed by atoms with Gasteiger partial charge in [0.05, 0.1) is 23.8 Å². The lowest BCUT2D eigenvalue weighted by molar-refractivity contribution is 0.309. The molecule has 3 aliphatic rings. The van der Waals surface area contributed by atoms with E-state index in [1.54, 1.807) is 6.07 Å². The van der Waals surface area contributed by atoms with Crippen molar-refractivity contribution in [1.82, 2.24) is 4.98 Å². The molecule has 0 spiro atoms. The van der Waals surface area contributed by atoms with Gasteiger partial charge in [0.2, 0.25) is 11.6 Å². The van der Waals surface area contributed by atoms with Crippen LogP contribution in [-0.2, 0) is 10.3 Å². The largest absolute Gasteiger partial charge is 0.478 e. The predicted molar refractivity (Wildman–Crippen MR) is 126 cm³/mol. The van der Waals surface area contributed by atoms with Gasteiger partial charge in [-0.3, -0.25) is 9.98 Å². The Labute approximate surface area is 194 Å². The first-order chi connectivity index (χ1) is 15.7. The first-order valence-electron chi connectivity index (χ1n) is 10.5. The number of halogens is 2. The van der Waals surface area contributed by atoms with E-state index in [-0.39, 0.29) is 17.7 Å². The SMILES string of the molecule is [C-]#[N+]c1ccc(/C(F)=C/c2ccc(F)c([C@@]3(C)N=C(N)S[C@@]4(C5=NC(C)CO5)C[C@H]43)c2)nc1. The molecule has 6 nitrogen and oxygen atoms in total. The lowest BCUT2D eigenvalue weighted by Gasteiger charge is -2.34. The van der Waals surface area contributed by atoms with E-state index in [4.69, 9.17) is 17.0 Å². The number of pyridine rings is 1. The molecule has 2 N–H and O–H groups in total. The summed E-state index contributed by atoms with van der Waals surface area (Å²) in [5, 5.41) is 0.354. The van der Waals surface area contributed by atoms with Gasteiger partial charge in [-0.05, 0) is 50.1 Å². The zero-order valence-corrected chi connectivity index (χ0v) is 18.9. The summed E-state index contributed by atoms with van der Waals surface area (Å²) in [5.41, 5.74) is 6.51. The van der Waals surface area contributed by atoms with Gasteiger partial charge >= 0.3 is 0 Å². The average molecular weight is 466 g/mol. The van der Waals surface area contributed by atoms with E-state index in [1.807, 2.05) is 13.8 Å². The fraction of sp³-hybridized carbons (Fsp3) is 0.333. The van der Waals surface area contributed by atoms with Gasteiger partial charge in [0.25, 0.3) is 0 Å². The van der Waals surface area contributed by atoms with Crippen molar-refractivity contribution in [3.8, 4) is 0 Å². The van der Waals surface area contributed by atoms with E-state index in [1.165, 1.54) is 48.3 Å². The van der Waals surface area contributed by atoms with Crippen LogP contribution in [0.2, 0.25) is 0 Å². The molecule has 9 heteroatoms. The number of hydrogen-bond acceptors (Lipinski definition) is 6. The summed E-state index contributed by atoms with van der Waals surface area (Å²) in [6, 6.07) is 7.45. The van der Waals surface area contributed by atoms with E-state index in [0.29, 0.717) is 34.5 Å². The van der Waals surface area contributed by atoms with Crippen LogP contribution in [0.5, 0.6) is 0 Å². The minimum absolute atomic E-state index is 0.0484. The van der Waals surface area contributed by atoms with Crippen molar-refractivity contribution >= 4 is 40.4 Å². The van der Waals surface area contributed by atoms with Gasteiger partial charge in [-0.25, -0.2) is 18.6 Å². The van der Waals surface area contributed by atoms with E-state index in [0.717, 1.165) is 6.42 Å². The molecule has 0 amide bonds. The molecular formula is C24H21F2N5OS. The number of thioether (sulfide) groups is 1. The van der Waals surface area contributed by atoms with Gasteiger partial charge in [0.1, 0.15) is 23.0 Å². The van der Waals surface area contributed by atoms with Crippen LogP contribution in [0.1, 0.15) is 37.1 Å². The highest BCUT2D eigenvalue weighted by molar-refractivity contribution is 8.15. The Morgan fingerprint density at radius 2 is 2.18 bits per heavy atom. The third-order valence-electron chi connectivity index (χ3n) is 6.33. The summed E-state index contributed by atoms with van der Waals surface area (Å²) in [4.78, 5) is 16.5. The van der Waals surface area contributed by atoms with Gasteiger partial charge in [-0.15, -0.1) is 0 Å². The molecule has 3 heterocycles. The lowest BCUT2D eigenvalue weighted by Crippen LogP contribution is -2.39. The molecule has 1 aromatic heterocycles. The Hall–Kier alpha value is -3.25. The van der Waals surface area contributed by atoms with Crippen LogP contribution in [0, 0.1) is 18.3 Å². The first kappa shape index (κ1) is 21.6. The van der Waals surface area contributed by atoms with Crippen molar-refractivity contribution in [2.45, 2.75) is 36.6 Å². The highest BCUT2D eigenvalue weighted by Crippen LogP contribution is 2.67. The van der Waals surface area contributed by atoms with Crippen LogP contribution in [0.4, 0.5) is 14.5 Å². The molecule has 2 aromatic rings. The van der Waals surface area contributed by atoms with E-state index < -0.39 is 21.9 Å². The maximum absolute atomic E-state index is 15.1. The maximum Gasteiger partial charge on any atom is 0.205 e. The quantitative estimate of drug-likeness (QED) is 0.638. The van der Waals surface area contributed by atoms with Crippen LogP contribution in [-0.4, -0.2) is 33.4 Å². The molecule has 0 saturated heterocycles. The fourth-order valence-corrected chi connectivity index (χ4v) is 6.02. The Morgan fingerprint density at radius 3 is 2.85 bits per heavy atom. The molecule has 5 rings (SSSR count). The topological polar surface area (TPSA) is 77.2 Å². The normalized spacial score (nSPS) is 30.6. The molecule has 4 atom stereocenters. The third kappa shape index (κ3) is 3.59. The summed E-state index contributed by atoms with van der Waals surface area (Å²) in [7, 11) is 0. The first-order valence-corrected chi connectivity index (χ1v) is 11.3. The summed E-state index contributed by atoms with van der Waals surface area (Å²) >= 11 is 1.43. The summed E-state index contributed by atoms with van der Waals surface area (Å²) in [6.07, 6.45) is 3.32. The average Bonchev–Trinajstić information content (AvgIpc) is 3.39. The van der Waals surface area contributed by atoms with Gasteiger partial charge in [-0.2, -0.15) is 0 Å². The monoisotopic (exact) mass is 465 g/mol. The number of nitrogens with zero attached hydrogens (tertiary/aromatic N) is 4. The maximum atomic E-state index is 15.1. The molecule has 1 unspecified atom stereocenters. The number of aliphatic imine (C=N–C) groups is 2. The summed E-state index contributed by atoms with van der Waals surface area (Å²) in [5.74, 6) is -0.403. The Morgan fingerprint density at radius 1 is 1.36 bits per heavy atom. The second-order valence-electron chi connectivity index (χ2n) is 8.69. The Kier molecular flexibility index (Phi) is 5.01.